The highest BCUT2D eigenvalue weighted by atomic mass is 16.3. The van der Waals surface area contributed by atoms with Crippen LogP contribution in [0.3, 0.4) is 0 Å². The fourth-order valence-corrected chi connectivity index (χ4v) is 2.52. The van der Waals surface area contributed by atoms with E-state index in [1.54, 1.807) is 6.26 Å². The first-order valence-electron chi connectivity index (χ1n) is 6.66. The second kappa shape index (κ2) is 4.52. The lowest BCUT2D eigenvalue weighted by Gasteiger charge is -2.02. The smallest absolute Gasteiger partial charge is 0.256 e. The molecule has 21 heavy (non-hydrogen) atoms. The summed E-state index contributed by atoms with van der Waals surface area (Å²) in [6, 6.07) is 13.4. The SMILES string of the molecule is O=C1Nc2ccc(-c3ccco3)cc2/C1=C/c1ccc[nH]1. The van der Waals surface area contributed by atoms with Gasteiger partial charge in [0.05, 0.1) is 11.8 Å². The molecule has 102 valence electrons. The minimum absolute atomic E-state index is 0.0869. The van der Waals surface area contributed by atoms with Crippen molar-refractivity contribution in [1.82, 2.24) is 4.98 Å². The van der Waals surface area contributed by atoms with Crippen LogP contribution in [0.4, 0.5) is 5.69 Å². The lowest BCUT2D eigenvalue weighted by Crippen LogP contribution is -2.03. The number of furan rings is 1. The van der Waals surface area contributed by atoms with Crippen LogP contribution in [-0.2, 0) is 4.79 Å². The fourth-order valence-electron chi connectivity index (χ4n) is 2.52. The second-order valence-corrected chi connectivity index (χ2v) is 4.88. The molecule has 0 bridgehead atoms. The Morgan fingerprint density at radius 1 is 1.10 bits per heavy atom. The fraction of sp³-hybridized carbons (Fsp3) is 0. The predicted octanol–water partition coefficient (Wildman–Crippen LogP) is 3.77. The first kappa shape index (κ1) is 11.8. The molecule has 0 atom stereocenters. The summed E-state index contributed by atoms with van der Waals surface area (Å²) >= 11 is 0. The average molecular weight is 276 g/mol. The summed E-state index contributed by atoms with van der Waals surface area (Å²) in [5.41, 5.74) is 4.22. The van der Waals surface area contributed by atoms with Crippen molar-refractivity contribution in [3.05, 3.63) is 66.2 Å². The van der Waals surface area contributed by atoms with Crippen molar-refractivity contribution < 1.29 is 9.21 Å². The number of fused-ring (bicyclic) bond motifs is 1. The molecule has 0 saturated carbocycles. The van der Waals surface area contributed by atoms with Crippen LogP contribution >= 0.6 is 0 Å². The van der Waals surface area contributed by atoms with E-state index in [9.17, 15) is 4.79 Å². The molecular formula is C17H12N2O2. The van der Waals surface area contributed by atoms with Gasteiger partial charge in [-0.1, -0.05) is 0 Å². The van der Waals surface area contributed by atoms with Gasteiger partial charge in [0, 0.05) is 28.7 Å². The summed E-state index contributed by atoms with van der Waals surface area (Å²) in [5, 5.41) is 2.88. The number of rotatable bonds is 2. The van der Waals surface area contributed by atoms with Gasteiger partial charge in [-0.05, 0) is 48.5 Å². The van der Waals surface area contributed by atoms with Gasteiger partial charge in [-0.25, -0.2) is 0 Å². The number of H-pyrrole nitrogens is 1. The Hall–Kier alpha value is -3.01. The van der Waals surface area contributed by atoms with E-state index in [2.05, 4.69) is 10.3 Å². The van der Waals surface area contributed by atoms with E-state index in [4.69, 9.17) is 4.42 Å². The Balaban J connectivity index is 1.84. The molecule has 2 aromatic heterocycles. The molecule has 0 saturated heterocycles. The molecule has 4 rings (SSSR count). The minimum Gasteiger partial charge on any atom is -0.464 e. The van der Waals surface area contributed by atoms with Crippen molar-refractivity contribution in [2.45, 2.75) is 0 Å². The van der Waals surface area contributed by atoms with Crippen LogP contribution in [-0.4, -0.2) is 10.9 Å². The standard InChI is InChI=1S/C17H12N2O2/c20-17-14(10-12-3-1-7-18-12)13-9-11(5-6-15(13)19-17)16-4-2-8-21-16/h1-10,18H,(H,19,20)/b14-10-. The molecule has 1 aliphatic rings. The van der Waals surface area contributed by atoms with Gasteiger partial charge < -0.3 is 14.7 Å². The number of aromatic amines is 1. The predicted molar refractivity (Wildman–Crippen MR) is 81.4 cm³/mol. The Kier molecular flexibility index (Phi) is 2.54. The van der Waals surface area contributed by atoms with Gasteiger partial charge in [-0.3, -0.25) is 4.79 Å². The van der Waals surface area contributed by atoms with Gasteiger partial charge >= 0.3 is 0 Å². The van der Waals surface area contributed by atoms with Gasteiger partial charge in [-0.15, -0.1) is 0 Å². The van der Waals surface area contributed by atoms with Crippen molar-refractivity contribution >= 4 is 23.2 Å². The Labute approximate surface area is 121 Å². The highest BCUT2D eigenvalue weighted by Crippen LogP contribution is 2.36. The molecule has 3 heterocycles. The number of anilines is 1. The van der Waals surface area contributed by atoms with Crippen LogP contribution in [0.2, 0.25) is 0 Å². The van der Waals surface area contributed by atoms with Crippen molar-refractivity contribution in [2.75, 3.05) is 5.32 Å². The zero-order valence-electron chi connectivity index (χ0n) is 11.1. The van der Waals surface area contributed by atoms with Crippen LogP contribution in [0.15, 0.2) is 59.3 Å². The molecule has 3 aromatic rings. The number of amides is 1. The monoisotopic (exact) mass is 276 g/mol. The topological polar surface area (TPSA) is 58.0 Å². The molecular weight excluding hydrogens is 264 g/mol. The molecule has 0 aliphatic carbocycles. The van der Waals surface area contributed by atoms with Crippen molar-refractivity contribution in [1.29, 1.82) is 0 Å². The molecule has 2 N–H and O–H groups in total. The van der Waals surface area contributed by atoms with Crippen molar-refractivity contribution in [3.8, 4) is 11.3 Å². The van der Waals surface area contributed by atoms with E-state index in [-0.39, 0.29) is 5.91 Å². The number of hydrogen-bond acceptors (Lipinski definition) is 2. The number of carbonyl (C=O) groups is 1. The number of aromatic nitrogens is 1. The van der Waals surface area contributed by atoms with Gasteiger partial charge in [-0.2, -0.15) is 0 Å². The zero-order chi connectivity index (χ0) is 14.2. The molecule has 1 aliphatic heterocycles. The third-order valence-corrected chi connectivity index (χ3v) is 3.53. The molecule has 1 aromatic carbocycles. The first-order chi connectivity index (χ1) is 10.3. The summed E-state index contributed by atoms with van der Waals surface area (Å²) < 4.78 is 5.42. The summed E-state index contributed by atoms with van der Waals surface area (Å²) in [4.78, 5) is 15.2. The Bertz CT molecular complexity index is 828. The number of carbonyl (C=O) groups excluding carboxylic acids is 1. The van der Waals surface area contributed by atoms with Crippen LogP contribution in [0, 0.1) is 0 Å². The molecule has 0 radical (unpaired) electrons. The average Bonchev–Trinajstić information content (AvgIpc) is 3.22. The quantitative estimate of drug-likeness (QED) is 0.700. The van der Waals surface area contributed by atoms with Gasteiger partial charge in [0.2, 0.25) is 0 Å². The Morgan fingerprint density at radius 3 is 2.81 bits per heavy atom. The third-order valence-electron chi connectivity index (χ3n) is 3.53. The lowest BCUT2D eigenvalue weighted by molar-refractivity contribution is -0.110. The van der Waals surface area contributed by atoms with Crippen molar-refractivity contribution in [3.63, 3.8) is 0 Å². The zero-order valence-corrected chi connectivity index (χ0v) is 11.1. The molecule has 1 amide bonds. The van der Waals surface area contributed by atoms with Crippen LogP contribution in [0.5, 0.6) is 0 Å². The van der Waals surface area contributed by atoms with Gasteiger partial charge in [0.1, 0.15) is 5.76 Å². The maximum atomic E-state index is 12.1. The Morgan fingerprint density at radius 2 is 2.05 bits per heavy atom. The first-order valence-corrected chi connectivity index (χ1v) is 6.66. The molecule has 0 fully saturated rings. The summed E-state index contributed by atoms with van der Waals surface area (Å²) in [6.07, 6.45) is 5.33. The number of nitrogens with one attached hydrogen (secondary N) is 2. The van der Waals surface area contributed by atoms with Crippen molar-refractivity contribution in [2.24, 2.45) is 0 Å². The van der Waals surface area contributed by atoms with E-state index in [1.165, 1.54) is 0 Å². The summed E-state index contributed by atoms with van der Waals surface area (Å²) in [7, 11) is 0. The maximum absolute atomic E-state index is 12.1. The van der Waals surface area contributed by atoms with Crippen LogP contribution in [0.25, 0.3) is 23.0 Å². The van der Waals surface area contributed by atoms with E-state index in [0.29, 0.717) is 5.57 Å². The largest absolute Gasteiger partial charge is 0.464 e. The van der Waals surface area contributed by atoms with E-state index in [1.807, 2.05) is 54.7 Å². The summed E-state index contributed by atoms with van der Waals surface area (Å²) in [5.74, 6) is 0.701. The third kappa shape index (κ3) is 1.97. The van der Waals surface area contributed by atoms with Gasteiger partial charge in [0.15, 0.2) is 0 Å². The number of hydrogen-bond donors (Lipinski definition) is 2. The lowest BCUT2D eigenvalue weighted by atomic mass is 10.0. The molecule has 0 spiro atoms. The van der Waals surface area contributed by atoms with E-state index < -0.39 is 0 Å². The molecule has 4 heteroatoms. The maximum Gasteiger partial charge on any atom is 0.256 e. The molecule has 0 unspecified atom stereocenters. The van der Waals surface area contributed by atoms with Gasteiger partial charge in [0.25, 0.3) is 5.91 Å². The minimum atomic E-state index is -0.0869. The molecule has 4 nitrogen and oxygen atoms in total. The second-order valence-electron chi connectivity index (χ2n) is 4.88. The highest BCUT2D eigenvalue weighted by molar-refractivity contribution is 6.35. The van der Waals surface area contributed by atoms with E-state index >= 15 is 0 Å². The highest BCUT2D eigenvalue weighted by Gasteiger charge is 2.24. The normalized spacial score (nSPS) is 15.2. The van der Waals surface area contributed by atoms with E-state index in [0.717, 1.165) is 28.3 Å². The number of benzene rings is 1. The summed E-state index contributed by atoms with van der Waals surface area (Å²) in [6.45, 7) is 0. The van der Waals surface area contributed by atoms with Crippen LogP contribution < -0.4 is 5.32 Å². The van der Waals surface area contributed by atoms with Crippen LogP contribution in [0.1, 0.15) is 11.3 Å².